The van der Waals surface area contributed by atoms with Gasteiger partial charge in [-0.2, -0.15) is 0 Å². The lowest BCUT2D eigenvalue weighted by molar-refractivity contribution is -0.235. The molecule has 3 aliphatic rings. The molecule has 0 amide bonds. The van der Waals surface area contributed by atoms with Crippen LogP contribution in [0.2, 0.25) is 0 Å². The van der Waals surface area contributed by atoms with Gasteiger partial charge in [-0.3, -0.25) is 0 Å². The largest absolute Gasteiger partial charge is 0.497 e. The quantitative estimate of drug-likeness (QED) is 0.387. The molecule has 7 nitrogen and oxygen atoms in total. The zero-order chi connectivity index (χ0) is 24.9. The highest BCUT2D eigenvalue weighted by Crippen LogP contribution is 2.56. The zero-order valence-electron chi connectivity index (χ0n) is 21.2. The van der Waals surface area contributed by atoms with E-state index in [2.05, 4.69) is 39.9 Å². The van der Waals surface area contributed by atoms with Crippen molar-refractivity contribution in [3.05, 3.63) is 54.2 Å². The fraction of sp³-hybridized carbons (Fsp3) is 0.464. The van der Waals surface area contributed by atoms with Gasteiger partial charge in [-0.1, -0.05) is 26.0 Å². The van der Waals surface area contributed by atoms with Gasteiger partial charge < -0.3 is 30.0 Å². The third-order valence-electron chi connectivity index (χ3n) is 7.12. The first-order chi connectivity index (χ1) is 17.1. The number of aromatic nitrogens is 1. The zero-order valence-corrected chi connectivity index (χ0v) is 21.2. The second-order valence-corrected chi connectivity index (χ2v) is 9.24. The number of aliphatic hydroxyl groups is 1. The van der Waals surface area contributed by atoms with E-state index in [1.165, 1.54) is 0 Å². The maximum absolute atomic E-state index is 9.68. The van der Waals surface area contributed by atoms with Crippen LogP contribution < -0.4 is 20.1 Å². The lowest BCUT2D eigenvalue weighted by atomic mass is 9.56. The standard InChI is InChI=1S/C26H31N3O4.C2H6/c1-31-19-7-6-18(23(12-19)32-2)13-28-24-21-4-3-5-22(20(21)8-10-27-24)29-16-25-9-11-33-26(14-25,15-25)17-30;1-2/h3-8,10,12,29-30H,9,11,13-17H2,1-2H3,(H,27,28);1-2H3. The minimum Gasteiger partial charge on any atom is -0.497 e. The van der Waals surface area contributed by atoms with Gasteiger partial charge in [-0.05, 0) is 48.9 Å². The molecule has 6 rings (SSSR count). The van der Waals surface area contributed by atoms with Crippen LogP contribution in [0.4, 0.5) is 11.5 Å². The van der Waals surface area contributed by atoms with Gasteiger partial charge in [0.05, 0.1) is 26.4 Å². The average Bonchev–Trinajstić information content (AvgIpc) is 2.91. The van der Waals surface area contributed by atoms with Crippen molar-refractivity contribution in [1.82, 2.24) is 4.98 Å². The number of rotatable bonds is 9. The van der Waals surface area contributed by atoms with Gasteiger partial charge in [0.1, 0.15) is 17.3 Å². The Balaban J connectivity index is 0.00000141. The van der Waals surface area contributed by atoms with Gasteiger partial charge in [0.15, 0.2) is 0 Å². The maximum atomic E-state index is 9.68. The van der Waals surface area contributed by atoms with Crippen molar-refractivity contribution < 1.29 is 19.3 Å². The van der Waals surface area contributed by atoms with Crippen LogP contribution in [0.25, 0.3) is 10.8 Å². The maximum Gasteiger partial charge on any atom is 0.134 e. The fourth-order valence-electron chi connectivity index (χ4n) is 5.41. The van der Waals surface area contributed by atoms with Gasteiger partial charge in [0.2, 0.25) is 0 Å². The van der Waals surface area contributed by atoms with Crippen LogP contribution in [-0.2, 0) is 11.3 Å². The molecule has 35 heavy (non-hydrogen) atoms. The molecule has 3 heterocycles. The molecule has 1 aliphatic carbocycles. The first kappa shape index (κ1) is 25.1. The van der Waals surface area contributed by atoms with E-state index in [-0.39, 0.29) is 17.6 Å². The van der Waals surface area contributed by atoms with E-state index in [0.29, 0.717) is 6.54 Å². The van der Waals surface area contributed by atoms with E-state index in [9.17, 15) is 5.11 Å². The normalized spacial score (nSPS) is 22.4. The van der Waals surface area contributed by atoms with E-state index in [0.717, 1.165) is 71.8 Å². The van der Waals surface area contributed by atoms with Crippen LogP contribution in [0.1, 0.15) is 38.7 Å². The van der Waals surface area contributed by atoms with Crippen LogP contribution in [0, 0.1) is 5.41 Å². The predicted octanol–water partition coefficient (Wildman–Crippen LogP) is 5.23. The van der Waals surface area contributed by atoms with Gasteiger partial charge in [-0.25, -0.2) is 4.98 Å². The molecule has 7 heteroatoms. The smallest absolute Gasteiger partial charge is 0.134 e. The van der Waals surface area contributed by atoms with Crippen molar-refractivity contribution in [1.29, 1.82) is 0 Å². The monoisotopic (exact) mass is 479 g/mol. The molecule has 3 aromatic rings. The Kier molecular flexibility index (Phi) is 7.67. The highest BCUT2D eigenvalue weighted by molar-refractivity contribution is 5.99. The van der Waals surface area contributed by atoms with Crippen molar-refractivity contribution in [3.63, 3.8) is 0 Å². The summed E-state index contributed by atoms with van der Waals surface area (Å²) in [5.41, 5.74) is 2.04. The summed E-state index contributed by atoms with van der Waals surface area (Å²) in [7, 11) is 3.31. The molecular formula is C28H37N3O4. The van der Waals surface area contributed by atoms with Crippen molar-refractivity contribution >= 4 is 22.3 Å². The van der Waals surface area contributed by atoms with Gasteiger partial charge in [0.25, 0.3) is 0 Å². The molecule has 188 valence electrons. The number of ether oxygens (including phenoxy) is 3. The summed E-state index contributed by atoms with van der Waals surface area (Å²) in [6.07, 6.45) is 4.72. The SMILES string of the molecule is CC.COc1ccc(CNc2nccc3c(NCC45CCOC(CO)(C4)C5)cccc23)c(OC)c1. The summed E-state index contributed by atoms with van der Waals surface area (Å²) >= 11 is 0. The van der Waals surface area contributed by atoms with Crippen LogP contribution in [0.5, 0.6) is 11.5 Å². The van der Waals surface area contributed by atoms with Crippen LogP contribution in [0.15, 0.2) is 48.7 Å². The topological polar surface area (TPSA) is 84.9 Å². The second kappa shape index (κ2) is 10.7. The Morgan fingerprint density at radius 2 is 1.86 bits per heavy atom. The van der Waals surface area contributed by atoms with E-state index in [1.54, 1.807) is 14.2 Å². The number of methoxy groups -OCH3 is 2. The van der Waals surface area contributed by atoms with Crippen LogP contribution in [0.3, 0.4) is 0 Å². The number of pyridine rings is 1. The number of aliphatic hydroxyl groups excluding tert-OH is 1. The molecule has 0 spiro atoms. The van der Waals surface area contributed by atoms with Gasteiger partial charge in [-0.15, -0.1) is 0 Å². The van der Waals surface area contributed by atoms with Crippen LogP contribution in [-0.4, -0.2) is 49.7 Å². The van der Waals surface area contributed by atoms with Crippen molar-refractivity contribution in [3.8, 4) is 11.5 Å². The molecule has 1 aromatic heterocycles. The molecular weight excluding hydrogens is 442 g/mol. The van der Waals surface area contributed by atoms with Gasteiger partial charge in [0, 0.05) is 54.0 Å². The minimum atomic E-state index is -0.303. The number of anilines is 2. The Labute approximate surface area is 207 Å². The summed E-state index contributed by atoms with van der Waals surface area (Å²) in [5, 5.41) is 19.0. The number of hydrogen-bond acceptors (Lipinski definition) is 7. The van der Waals surface area contributed by atoms with Crippen LogP contribution >= 0.6 is 0 Å². The minimum absolute atomic E-state index is 0.114. The average molecular weight is 480 g/mol. The summed E-state index contributed by atoms with van der Waals surface area (Å²) in [5.74, 6) is 2.38. The number of fused-ring (bicyclic) bond motifs is 3. The van der Waals surface area contributed by atoms with Gasteiger partial charge >= 0.3 is 0 Å². The molecule has 0 radical (unpaired) electrons. The second-order valence-electron chi connectivity index (χ2n) is 9.24. The molecule has 0 unspecified atom stereocenters. The molecule has 3 N–H and O–H groups in total. The first-order valence-corrected chi connectivity index (χ1v) is 12.4. The molecule has 1 saturated carbocycles. The van der Waals surface area contributed by atoms with Crippen molar-refractivity contribution in [2.75, 3.05) is 44.6 Å². The molecule has 2 aliphatic heterocycles. The molecule has 2 saturated heterocycles. The number of nitrogens with one attached hydrogen (secondary N) is 2. The summed E-state index contributed by atoms with van der Waals surface area (Å²) < 4.78 is 16.6. The summed E-state index contributed by atoms with van der Waals surface area (Å²) in [6, 6.07) is 14.1. The van der Waals surface area contributed by atoms with Crippen molar-refractivity contribution in [2.24, 2.45) is 5.41 Å². The number of benzene rings is 2. The third-order valence-corrected chi connectivity index (χ3v) is 7.12. The molecule has 0 atom stereocenters. The highest BCUT2D eigenvalue weighted by Gasteiger charge is 2.58. The molecule has 2 bridgehead atoms. The highest BCUT2D eigenvalue weighted by atomic mass is 16.5. The predicted molar refractivity (Wildman–Crippen MR) is 141 cm³/mol. The van der Waals surface area contributed by atoms with E-state index in [1.807, 2.05) is 38.2 Å². The van der Waals surface area contributed by atoms with Crippen molar-refractivity contribution in [2.45, 2.75) is 45.3 Å². The number of nitrogens with zero attached hydrogens (tertiary/aromatic N) is 1. The number of hydrogen-bond donors (Lipinski definition) is 3. The Bertz CT molecular complexity index is 1140. The third kappa shape index (κ3) is 5.02. The Morgan fingerprint density at radius 3 is 2.60 bits per heavy atom. The van der Waals surface area contributed by atoms with E-state index >= 15 is 0 Å². The Morgan fingerprint density at radius 1 is 1.03 bits per heavy atom. The van der Waals surface area contributed by atoms with E-state index < -0.39 is 0 Å². The first-order valence-electron chi connectivity index (χ1n) is 12.4. The van der Waals surface area contributed by atoms with E-state index in [4.69, 9.17) is 14.2 Å². The fourth-order valence-corrected chi connectivity index (χ4v) is 5.41. The molecule has 3 fully saturated rings. The summed E-state index contributed by atoms with van der Waals surface area (Å²) in [6.45, 7) is 6.31. The lowest BCUT2D eigenvalue weighted by Crippen LogP contribution is -2.62. The lowest BCUT2D eigenvalue weighted by Gasteiger charge is -2.59. The molecule has 2 aromatic carbocycles. The Hall–Kier alpha value is -3.03. The summed E-state index contributed by atoms with van der Waals surface area (Å²) in [4.78, 5) is 4.60.